The van der Waals surface area contributed by atoms with Crippen LogP contribution in [0, 0.1) is 11.8 Å². The lowest BCUT2D eigenvalue weighted by molar-refractivity contribution is -0.0738. The predicted octanol–water partition coefficient (Wildman–Crippen LogP) is 3.58. The van der Waals surface area contributed by atoms with Gasteiger partial charge in [-0.05, 0) is 57.8 Å². The van der Waals surface area contributed by atoms with Crippen LogP contribution in [0.2, 0.25) is 0 Å². The van der Waals surface area contributed by atoms with Crippen LogP contribution in [0.5, 0.6) is 12.0 Å². The smallest absolute Gasteiger partial charge is 0.320 e. The first-order chi connectivity index (χ1) is 13.9. The Hall–Kier alpha value is -2.09. The lowest BCUT2D eigenvalue weighted by Crippen LogP contribution is -2.33. The summed E-state index contributed by atoms with van der Waals surface area (Å²) in [4.78, 5) is 13.4. The molecule has 1 saturated carbocycles. The second kappa shape index (κ2) is 8.34. The van der Waals surface area contributed by atoms with Gasteiger partial charge in [0.05, 0.1) is 19.3 Å². The highest BCUT2D eigenvalue weighted by Crippen LogP contribution is 2.33. The van der Waals surface area contributed by atoms with Crippen molar-refractivity contribution < 1.29 is 14.2 Å². The predicted molar refractivity (Wildman–Crippen MR) is 111 cm³/mol. The second-order valence-electron chi connectivity index (χ2n) is 9.00. The van der Waals surface area contributed by atoms with E-state index in [0.717, 1.165) is 51.2 Å². The van der Waals surface area contributed by atoms with E-state index in [9.17, 15) is 0 Å². The van der Waals surface area contributed by atoms with E-state index in [4.69, 9.17) is 19.9 Å². The molecule has 1 atom stereocenters. The number of hydrogen-bond donors (Lipinski definition) is 1. The number of fused-ring (bicyclic) bond motifs is 1. The average molecular weight is 404 g/mol. The molecule has 1 unspecified atom stereocenters. The zero-order valence-corrected chi connectivity index (χ0v) is 17.8. The molecule has 8 nitrogen and oxygen atoms in total. The highest BCUT2D eigenvalue weighted by atomic mass is 16.5. The Morgan fingerprint density at radius 3 is 2.69 bits per heavy atom. The normalized spacial score (nSPS) is 21.4. The number of nitrogens with two attached hydrogens (primary N) is 1. The van der Waals surface area contributed by atoms with Gasteiger partial charge in [0.25, 0.3) is 6.01 Å². The van der Waals surface area contributed by atoms with E-state index < -0.39 is 0 Å². The van der Waals surface area contributed by atoms with E-state index in [2.05, 4.69) is 28.8 Å². The number of rotatable bonds is 9. The summed E-state index contributed by atoms with van der Waals surface area (Å²) < 4.78 is 19.1. The summed E-state index contributed by atoms with van der Waals surface area (Å²) >= 11 is 0. The number of nitrogen functional groups attached to an aromatic ring is 1. The van der Waals surface area contributed by atoms with Crippen molar-refractivity contribution in [3.05, 3.63) is 0 Å². The molecule has 0 spiro atoms. The number of hydrogen-bond acceptors (Lipinski definition) is 7. The van der Waals surface area contributed by atoms with Crippen molar-refractivity contribution in [1.82, 2.24) is 19.5 Å². The lowest BCUT2D eigenvalue weighted by atomic mass is 9.85. The highest BCUT2D eigenvalue weighted by Gasteiger charge is 2.28. The number of methoxy groups -OCH3 is 1. The standard InChI is InChI=1S/C21H33N5O3/c1-21(2)13-15(9-12-29-21)5-4-10-26-18-16(23-20(26)27-3)17(22)24-19(25-18)28-11-8-14-6-7-14/h14-15H,4-13H2,1-3H3,(H2,22,24,25). The Bertz CT molecular complexity index is 846. The van der Waals surface area contributed by atoms with E-state index in [1.165, 1.54) is 12.8 Å². The fourth-order valence-corrected chi connectivity index (χ4v) is 4.27. The molecule has 0 bridgehead atoms. The Morgan fingerprint density at radius 1 is 1.14 bits per heavy atom. The number of ether oxygens (including phenoxy) is 3. The minimum absolute atomic E-state index is 0.0172. The van der Waals surface area contributed by atoms with Gasteiger partial charge in [-0.25, -0.2) is 0 Å². The molecule has 8 heteroatoms. The summed E-state index contributed by atoms with van der Waals surface area (Å²) in [5, 5.41) is 0. The third kappa shape index (κ3) is 4.91. The van der Waals surface area contributed by atoms with Crippen molar-refractivity contribution in [2.24, 2.45) is 11.8 Å². The molecule has 4 rings (SSSR count). The molecule has 0 radical (unpaired) electrons. The number of nitrogens with zero attached hydrogens (tertiary/aromatic N) is 4. The average Bonchev–Trinajstić information content (AvgIpc) is 3.42. The largest absolute Gasteiger partial charge is 0.468 e. The van der Waals surface area contributed by atoms with Gasteiger partial charge in [0.1, 0.15) is 0 Å². The maximum Gasteiger partial charge on any atom is 0.320 e. The molecule has 1 aliphatic carbocycles. The van der Waals surface area contributed by atoms with Crippen LogP contribution in [0.15, 0.2) is 0 Å². The molecule has 2 aromatic heterocycles. The minimum atomic E-state index is -0.0172. The number of aromatic nitrogens is 4. The van der Waals surface area contributed by atoms with E-state index in [1.54, 1.807) is 7.11 Å². The van der Waals surface area contributed by atoms with Gasteiger partial charge in [0.15, 0.2) is 17.0 Å². The van der Waals surface area contributed by atoms with Gasteiger partial charge in [0, 0.05) is 13.2 Å². The summed E-state index contributed by atoms with van der Waals surface area (Å²) in [6.07, 6.45) is 8.04. The fraction of sp³-hybridized carbons (Fsp3) is 0.762. The summed E-state index contributed by atoms with van der Waals surface area (Å²) in [6, 6.07) is 0.842. The van der Waals surface area contributed by atoms with Crippen LogP contribution in [0.3, 0.4) is 0 Å². The van der Waals surface area contributed by atoms with Gasteiger partial charge in [-0.15, -0.1) is 0 Å². The summed E-state index contributed by atoms with van der Waals surface area (Å²) in [6.45, 7) is 6.60. The van der Waals surface area contributed by atoms with Gasteiger partial charge in [-0.2, -0.15) is 15.0 Å². The maximum absolute atomic E-state index is 6.14. The van der Waals surface area contributed by atoms with Gasteiger partial charge in [0.2, 0.25) is 0 Å². The second-order valence-corrected chi connectivity index (χ2v) is 9.00. The molecular formula is C21H33N5O3. The van der Waals surface area contributed by atoms with Gasteiger partial charge < -0.3 is 19.9 Å². The molecule has 2 aliphatic rings. The van der Waals surface area contributed by atoms with Crippen LogP contribution >= 0.6 is 0 Å². The van der Waals surface area contributed by atoms with Crippen molar-refractivity contribution in [2.75, 3.05) is 26.1 Å². The van der Waals surface area contributed by atoms with Crippen LogP contribution < -0.4 is 15.2 Å². The van der Waals surface area contributed by atoms with Gasteiger partial charge >= 0.3 is 6.01 Å². The first kappa shape index (κ1) is 20.2. The number of imidazole rings is 1. The van der Waals surface area contributed by atoms with E-state index >= 15 is 0 Å². The fourth-order valence-electron chi connectivity index (χ4n) is 4.27. The number of anilines is 1. The molecule has 2 aromatic rings. The first-order valence-corrected chi connectivity index (χ1v) is 10.8. The van der Waals surface area contributed by atoms with Crippen LogP contribution in [0.4, 0.5) is 5.82 Å². The quantitative estimate of drug-likeness (QED) is 0.683. The molecule has 160 valence electrons. The molecule has 0 aromatic carbocycles. The van der Waals surface area contributed by atoms with Crippen molar-refractivity contribution in [3.63, 3.8) is 0 Å². The van der Waals surface area contributed by atoms with Crippen molar-refractivity contribution in [3.8, 4) is 12.0 Å². The topological polar surface area (TPSA) is 97.3 Å². The van der Waals surface area contributed by atoms with Crippen LogP contribution in [0.25, 0.3) is 11.2 Å². The zero-order chi connectivity index (χ0) is 20.4. The van der Waals surface area contributed by atoms with Gasteiger partial charge in [-0.1, -0.05) is 12.8 Å². The lowest BCUT2D eigenvalue weighted by Gasteiger charge is -2.35. The number of aryl methyl sites for hydroxylation is 1. The third-order valence-corrected chi connectivity index (χ3v) is 6.00. The Morgan fingerprint density at radius 2 is 1.97 bits per heavy atom. The van der Waals surface area contributed by atoms with Crippen LogP contribution in [-0.2, 0) is 11.3 Å². The Labute approximate surface area is 172 Å². The van der Waals surface area contributed by atoms with Crippen molar-refractivity contribution in [2.45, 2.75) is 70.9 Å². The third-order valence-electron chi connectivity index (χ3n) is 6.00. The Balaban J connectivity index is 1.45. The summed E-state index contributed by atoms with van der Waals surface area (Å²) in [5.74, 6) is 1.82. The summed E-state index contributed by atoms with van der Waals surface area (Å²) in [5.41, 5.74) is 7.38. The first-order valence-electron chi connectivity index (χ1n) is 10.8. The van der Waals surface area contributed by atoms with E-state index in [-0.39, 0.29) is 5.60 Å². The molecule has 2 N–H and O–H groups in total. The summed E-state index contributed by atoms with van der Waals surface area (Å²) in [7, 11) is 1.62. The molecule has 29 heavy (non-hydrogen) atoms. The molecule has 1 saturated heterocycles. The van der Waals surface area contributed by atoms with Crippen LogP contribution in [0.1, 0.15) is 58.8 Å². The van der Waals surface area contributed by atoms with E-state index in [1.807, 2.05) is 4.57 Å². The maximum atomic E-state index is 6.14. The molecule has 2 fully saturated rings. The van der Waals surface area contributed by atoms with Crippen LogP contribution in [-0.4, -0.2) is 45.4 Å². The van der Waals surface area contributed by atoms with Crippen molar-refractivity contribution in [1.29, 1.82) is 0 Å². The molecule has 3 heterocycles. The Kier molecular flexibility index (Phi) is 5.81. The highest BCUT2D eigenvalue weighted by molar-refractivity contribution is 5.83. The van der Waals surface area contributed by atoms with E-state index in [0.29, 0.717) is 41.5 Å². The van der Waals surface area contributed by atoms with Gasteiger partial charge in [-0.3, -0.25) is 4.57 Å². The monoisotopic (exact) mass is 403 g/mol. The molecular weight excluding hydrogens is 370 g/mol. The minimum Gasteiger partial charge on any atom is -0.468 e. The molecule has 1 aliphatic heterocycles. The molecule has 0 amide bonds. The van der Waals surface area contributed by atoms with Crippen molar-refractivity contribution >= 4 is 17.0 Å². The SMILES string of the molecule is COc1nc2c(N)nc(OCCC3CC3)nc2n1CCCC1CCOC(C)(C)C1. The zero-order valence-electron chi connectivity index (χ0n) is 17.8.